The summed E-state index contributed by atoms with van der Waals surface area (Å²) in [5, 5.41) is 1.28. The van der Waals surface area contributed by atoms with Gasteiger partial charge in [0.25, 0.3) is 0 Å². The van der Waals surface area contributed by atoms with Gasteiger partial charge in [-0.05, 0) is 24.3 Å². The van der Waals surface area contributed by atoms with Gasteiger partial charge in [-0.25, -0.2) is 9.59 Å². The Morgan fingerprint density at radius 1 is 0.781 bits per heavy atom. The highest BCUT2D eigenvalue weighted by atomic mass is 32.1. The molecule has 0 amide bonds. The second-order valence-corrected chi connectivity index (χ2v) is 8.06. The Kier molecular flexibility index (Phi) is 3.97. The van der Waals surface area contributed by atoms with Crippen molar-refractivity contribution in [2.45, 2.75) is 10.8 Å². The molecule has 0 radical (unpaired) electrons. The van der Waals surface area contributed by atoms with Crippen LogP contribution in [0.5, 0.6) is 11.5 Å². The monoisotopic (exact) mass is 441 g/mol. The summed E-state index contributed by atoms with van der Waals surface area (Å²) < 4.78 is 17.4. The van der Waals surface area contributed by atoms with Gasteiger partial charge in [-0.15, -0.1) is 12.6 Å². The van der Waals surface area contributed by atoms with Crippen LogP contribution in [0.1, 0.15) is 22.6 Å². The Balaban J connectivity index is 1.77. The molecule has 0 bridgehead atoms. The fraction of sp³-hybridized carbons (Fsp3) is 0.0400. The molecule has 5 aromatic rings. The first-order valence-corrected chi connectivity index (χ1v) is 10.4. The van der Waals surface area contributed by atoms with E-state index in [1.807, 2.05) is 18.2 Å². The van der Waals surface area contributed by atoms with Crippen molar-refractivity contribution in [3.05, 3.63) is 104 Å². The van der Waals surface area contributed by atoms with E-state index in [0.717, 1.165) is 0 Å². The largest absolute Gasteiger partial charge is 0.456 e. The van der Waals surface area contributed by atoms with Crippen molar-refractivity contribution < 1.29 is 13.6 Å². The normalized spacial score (nSPS) is 14.7. The minimum Gasteiger partial charge on any atom is -0.456 e. The van der Waals surface area contributed by atoms with Crippen molar-refractivity contribution in [3.8, 4) is 11.5 Å². The fourth-order valence-corrected chi connectivity index (χ4v) is 4.75. The molecule has 0 spiro atoms. The number of nitrogens with two attached hydrogens (primary N) is 1. The lowest BCUT2D eigenvalue weighted by Gasteiger charge is -2.28. The summed E-state index contributed by atoms with van der Waals surface area (Å²) in [5.41, 5.74) is 7.20. The highest BCUT2D eigenvalue weighted by Crippen LogP contribution is 2.49. The number of ether oxygens (including phenoxy) is 1. The first-order valence-electron chi connectivity index (χ1n) is 9.90. The third-order valence-corrected chi connectivity index (χ3v) is 6.24. The van der Waals surface area contributed by atoms with Gasteiger partial charge in [-0.2, -0.15) is 0 Å². The lowest BCUT2D eigenvalue weighted by molar-refractivity contribution is 0.436. The molecule has 1 aliphatic heterocycles. The van der Waals surface area contributed by atoms with E-state index < -0.39 is 17.2 Å². The first-order chi connectivity index (χ1) is 15.5. The van der Waals surface area contributed by atoms with Gasteiger partial charge in [0.1, 0.15) is 22.7 Å². The maximum absolute atomic E-state index is 13.2. The van der Waals surface area contributed by atoms with E-state index >= 15 is 0 Å². The van der Waals surface area contributed by atoms with Gasteiger partial charge in [0, 0.05) is 27.6 Å². The van der Waals surface area contributed by atoms with Crippen LogP contribution in [-0.2, 0) is 0 Å². The second-order valence-electron chi connectivity index (χ2n) is 7.61. The standard InChI is InChI=1S/C25H15NO5S/c26-12-9-10-13-18(11-12)29-22-14-5-1-3-7-16(14)30-24(27)20(22)19(13)21-23(32)15-6-2-4-8-17(15)31-25(21)28/h1-11,19,32H,26H2. The van der Waals surface area contributed by atoms with E-state index in [9.17, 15) is 9.59 Å². The van der Waals surface area contributed by atoms with Crippen LogP contribution in [-0.4, -0.2) is 0 Å². The SMILES string of the molecule is Nc1ccc2c(c1)Oc1c(c(=O)oc3ccccc13)C2c1c(S)c2ccccc2oc1=O. The zero-order valence-corrected chi connectivity index (χ0v) is 17.4. The van der Waals surface area contributed by atoms with E-state index in [4.69, 9.17) is 31.9 Å². The van der Waals surface area contributed by atoms with Gasteiger partial charge in [0.15, 0.2) is 0 Å². The molecule has 2 aromatic heterocycles. The van der Waals surface area contributed by atoms with E-state index in [2.05, 4.69) is 0 Å². The Morgan fingerprint density at radius 2 is 1.41 bits per heavy atom. The molecule has 3 heterocycles. The van der Waals surface area contributed by atoms with Crippen LogP contribution in [0.25, 0.3) is 21.9 Å². The zero-order valence-electron chi connectivity index (χ0n) is 16.5. The average Bonchev–Trinajstić information content (AvgIpc) is 2.78. The number of hydrogen-bond donors (Lipinski definition) is 2. The lowest BCUT2D eigenvalue weighted by Crippen LogP contribution is -2.25. The molecule has 6 rings (SSSR count). The smallest absolute Gasteiger partial charge is 0.344 e. The van der Waals surface area contributed by atoms with Crippen molar-refractivity contribution >= 4 is 40.3 Å². The molecule has 1 aliphatic rings. The number of nitrogen functional groups attached to an aromatic ring is 1. The number of rotatable bonds is 1. The summed E-state index contributed by atoms with van der Waals surface area (Å²) >= 11 is 4.70. The van der Waals surface area contributed by atoms with Gasteiger partial charge >= 0.3 is 11.3 Å². The van der Waals surface area contributed by atoms with Crippen molar-refractivity contribution in [2.75, 3.05) is 5.73 Å². The van der Waals surface area contributed by atoms with Crippen molar-refractivity contribution in [1.29, 1.82) is 0 Å². The number of hydrogen-bond acceptors (Lipinski definition) is 7. The summed E-state index contributed by atoms with van der Waals surface area (Å²) in [6.07, 6.45) is 0. The predicted molar refractivity (Wildman–Crippen MR) is 124 cm³/mol. The minimum atomic E-state index is -0.802. The molecule has 0 saturated carbocycles. The number of fused-ring (bicyclic) bond motifs is 5. The molecule has 6 nitrogen and oxygen atoms in total. The minimum absolute atomic E-state index is 0.221. The molecule has 1 atom stereocenters. The number of anilines is 1. The van der Waals surface area contributed by atoms with E-state index in [0.29, 0.717) is 49.6 Å². The van der Waals surface area contributed by atoms with E-state index in [-0.39, 0.29) is 11.1 Å². The van der Waals surface area contributed by atoms with Crippen LogP contribution in [0.2, 0.25) is 0 Å². The topological polar surface area (TPSA) is 95.7 Å². The third kappa shape index (κ3) is 2.61. The van der Waals surface area contributed by atoms with Crippen molar-refractivity contribution in [2.24, 2.45) is 0 Å². The van der Waals surface area contributed by atoms with Crippen LogP contribution in [0.4, 0.5) is 5.69 Å². The summed E-state index contributed by atoms with van der Waals surface area (Å²) in [6.45, 7) is 0. The Morgan fingerprint density at radius 3 is 2.16 bits per heavy atom. The van der Waals surface area contributed by atoms with Crippen LogP contribution in [0.15, 0.2) is 90.0 Å². The highest BCUT2D eigenvalue weighted by molar-refractivity contribution is 7.80. The summed E-state index contributed by atoms with van der Waals surface area (Å²) in [7, 11) is 0. The van der Waals surface area contributed by atoms with Crippen LogP contribution in [0, 0.1) is 0 Å². The maximum Gasteiger partial charge on any atom is 0.344 e. The molecule has 0 saturated heterocycles. The first kappa shape index (κ1) is 18.8. The number of thiol groups is 1. The van der Waals surface area contributed by atoms with Gasteiger partial charge in [0.2, 0.25) is 0 Å². The summed E-state index contributed by atoms with van der Waals surface area (Å²) in [5.74, 6) is -0.0117. The maximum atomic E-state index is 13.2. The van der Waals surface area contributed by atoms with E-state index in [1.165, 1.54) is 0 Å². The van der Waals surface area contributed by atoms with Gasteiger partial charge in [0.05, 0.1) is 22.4 Å². The average molecular weight is 441 g/mol. The van der Waals surface area contributed by atoms with Gasteiger partial charge < -0.3 is 19.3 Å². The molecule has 7 heteroatoms. The number of para-hydroxylation sites is 2. The molecule has 32 heavy (non-hydrogen) atoms. The van der Waals surface area contributed by atoms with Crippen molar-refractivity contribution in [1.82, 2.24) is 0 Å². The second kappa shape index (κ2) is 6.77. The van der Waals surface area contributed by atoms with Crippen LogP contribution >= 0.6 is 12.6 Å². The van der Waals surface area contributed by atoms with E-state index in [1.54, 1.807) is 48.5 Å². The zero-order chi connectivity index (χ0) is 22.0. The van der Waals surface area contributed by atoms with Gasteiger partial charge in [-0.3, -0.25) is 0 Å². The Hall–Kier alpha value is -3.97. The summed E-state index contributed by atoms with van der Waals surface area (Å²) in [6, 6.07) is 19.3. The van der Waals surface area contributed by atoms with Crippen LogP contribution in [0.3, 0.4) is 0 Å². The molecule has 2 N–H and O–H groups in total. The third-order valence-electron chi connectivity index (χ3n) is 5.76. The predicted octanol–water partition coefficient (Wildman–Crippen LogP) is 5.06. The summed E-state index contributed by atoms with van der Waals surface area (Å²) in [4.78, 5) is 26.8. The molecular weight excluding hydrogens is 426 g/mol. The molecule has 0 fully saturated rings. The lowest BCUT2D eigenvalue weighted by atomic mass is 9.83. The molecule has 3 aromatic carbocycles. The highest BCUT2D eigenvalue weighted by Gasteiger charge is 2.37. The van der Waals surface area contributed by atoms with Gasteiger partial charge in [-0.1, -0.05) is 36.4 Å². The Bertz CT molecular complexity index is 1660. The quantitative estimate of drug-likeness (QED) is 0.210. The number of benzene rings is 3. The fourth-order valence-electron chi connectivity index (χ4n) is 4.34. The van der Waals surface area contributed by atoms with Crippen molar-refractivity contribution in [3.63, 3.8) is 0 Å². The molecule has 1 unspecified atom stereocenters. The Labute approximate surface area is 186 Å². The molecule has 0 aliphatic carbocycles. The van der Waals surface area contributed by atoms with Crippen LogP contribution < -0.4 is 21.7 Å². The molecule has 156 valence electrons. The molecular formula is C25H15NO5S.